The number of nitrogens with zero attached hydrogens (tertiary/aromatic N) is 3. The molecule has 0 aliphatic carbocycles. The van der Waals surface area contributed by atoms with E-state index in [4.69, 9.17) is 5.21 Å². The number of halogens is 1. The summed E-state index contributed by atoms with van der Waals surface area (Å²) in [4.78, 5) is 20.2. The molecule has 24 heavy (non-hydrogen) atoms. The average molecular weight is 336 g/mol. The molecule has 0 aromatic heterocycles. The monoisotopic (exact) mass is 336 g/mol. The Kier molecular flexibility index (Phi) is 6.54. The van der Waals surface area contributed by atoms with Crippen LogP contribution < -0.4 is 10.4 Å². The van der Waals surface area contributed by atoms with E-state index in [2.05, 4.69) is 4.99 Å². The third-order valence-corrected chi connectivity index (χ3v) is 4.39. The minimum Gasteiger partial charge on any atom is -0.368 e. The smallest absolute Gasteiger partial charge is 0.227 e. The highest BCUT2D eigenvalue weighted by Gasteiger charge is 2.29. The summed E-state index contributed by atoms with van der Waals surface area (Å²) in [5, 5.41) is 8.48. The first kappa shape index (κ1) is 18.2. The van der Waals surface area contributed by atoms with E-state index in [1.807, 2.05) is 23.6 Å². The second kappa shape index (κ2) is 8.63. The van der Waals surface area contributed by atoms with Crippen LogP contribution in [0, 0.1) is 11.7 Å². The van der Waals surface area contributed by atoms with Crippen LogP contribution in [0.25, 0.3) is 0 Å². The van der Waals surface area contributed by atoms with Gasteiger partial charge in [-0.05, 0) is 38.8 Å². The van der Waals surface area contributed by atoms with Crippen molar-refractivity contribution in [1.29, 1.82) is 0 Å². The quantitative estimate of drug-likeness (QED) is 0.476. The zero-order valence-electron chi connectivity index (χ0n) is 14.2. The molecule has 0 saturated carbocycles. The van der Waals surface area contributed by atoms with Crippen LogP contribution in [0.15, 0.2) is 23.2 Å². The van der Waals surface area contributed by atoms with Crippen molar-refractivity contribution >= 4 is 23.6 Å². The number of anilines is 1. The Bertz CT molecular complexity index is 590. The molecule has 1 heterocycles. The number of piperidine rings is 1. The predicted octanol–water partition coefficient (Wildman–Crippen LogP) is 2.55. The Morgan fingerprint density at radius 1 is 1.50 bits per heavy atom. The second-order valence-corrected chi connectivity index (χ2v) is 5.82. The van der Waals surface area contributed by atoms with Crippen LogP contribution in [0.3, 0.4) is 0 Å². The SMILES string of the molecule is CCN(CC)C(=O)C1CCCN(c2ccc(N=CNO)cc2F)C1. The van der Waals surface area contributed by atoms with Crippen LogP contribution in [0.4, 0.5) is 15.8 Å². The first-order chi connectivity index (χ1) is 11.6. The minimum atomic E-state index is -0.376. The Labute approximate surface area is 141 Å². The lowest BCUT2D eigenvalue weighted by Gasteiger charge is -2.36. The normalized spacial score (nSPS) is 18.0. The molecule has 1 fully saturated rings. The van der Waals surface area contributed by atoms with Crippen LogP contribution in [-0.4, -0.2) is 48.5 Å². The summed E-state index contributed by atoms with van der Waals surface area (Å²) in [7, 11) is 0. The fraction of sp³-hybridized carbons (Fsp3) is 0.529. The molecule has 0 spiro atoms. The molecule has 132 valence electrons. The van der Waals surface area contributed by atoms with Gasteiger partial charge >= 0.3 is 0 Å². The van der Waals surface area contributed by atoms with Crippen molar-refractivity contribution in [3.63, 3.8) is 0 Å². The fourth-order valence-corrected chi connectivity index (χ4v) is 3.13. The number of hydroxylamine groups is 1. The maximum Gasteiger partial charge on any atom is 0.227 e. The van der Waals surface area contributed by atoms with E-state index in [9.17, 15) is 9.18 Å². The standard InChI is InChI=1S/C17H25FN4O2/c1-3-21(4-2)17(23)13-6-5-9-22(11-13)16-8-7-14(10-15(16)18)19-12-20-24/h7-8,10,12-13,24H,3-6,9,11H2,1-2H3,(H,19,20). The van der Waals surface area contributed by atoms with Crippen molar-refractivity contribution in [3.05, 3.63) is 24.0 Å². The van der Waals surface area contributed by atoms with Gasteiger partial charge in [0.25, 0.3) is 0 Å². The van der Waals surface area contributed by atoms with E-state index in [-0.39, 0.29) is 17.6 Å². The van der Waals surface area contributed by atoms with Gasteiger partial charge < -0.3 is 9.80 Å². The van der Waals surface area contributed by atoms with Crippen molar-refractivity contribution in [2.24, 2.45) is 10.9 Å². The zero-order chi connectivity index (χ0) is 17.5. The van der Waals surface area contributed by atoms with E-state index >= 15 is 0 Å². The lowest BCUT2D eigenvalue weighted by molar-refractivity contribution is -0.135. The van der Waals surface area contributed by atoms with E-state index in [0.717, 1.165) is 25.7 Å². The van der Waals surface area contributed by atoms with E-state index in [1.54, 1.807) is 17.6 Å². The van der Waals surface area contributed by atoms with Crippen LogP contribution in [0.2, 0.25) is 0 Å². The highest BCUT2D eigenvalue weighted by molar-refractivity contribution is 5.79. The molecule has 1 saturated heterocycles. The molecular formula is C17H25FN4O2. The Morgan fingerprint density at radius 3 is 2.88 bits per heavy atom. The summed E-state index contributed by atoms with van der Waals surface area (Å²) in [5.41, 5.74) is 2.68. The van der Waals surface area contributed by atoms with Gasteiger partial charge in [0.2, 0.25) is 5.91 Å². The Balaban J connectivity index is 2.12. The lowest BCUT2D eigenvalue weighted by Crippen LogP contribution is -2.45. The number of carbonyl (C=O) groups excluding carboxylic acids is 1. The Morgan fingerprint density at radius 2 is 2.25 bits per heavy atom. The largest absolute Gasteiger partial charge is 0.368 e. The van der Waals surface area contributed by atoms with Crippen molar-refractivity contribution in [1.82, 2.24) is 10.4 Å². The summed E-state index contributed by atoms with van der Waals surface area (Å²) in [6, 6.07) is 4.67. The average Bonchev–Trinajstić information content (AvgIpc) is 2.61. The van der Waals surface area contributed by atoms with Crippen LogP contribution in [0.1, 0.15) is 26.7 Å². The van der Waals surface area contributed by atoms with Gasteiger partial charge in [-0.3, -0.25) is 15.5 Å². The molecule has 2 rings (SSSR count). The fourth-order valence-electron chi connectivity index (χ4n) is 3.13. The molecule has 7 heteroatoms. The third-order valence-electron chi connectivity index (χ3n) is 4.39. The Hall–Kier alpha value is -2.15. The molecule has 1 aliphatic rings. The van der Waals surface area contributed by atoms with Gasteiger partial charge in [-0.1, -0.05) is 0 Å². The maximum absolute atomic E-state index is 14.4. The molecule has 6 nitrogen and oxygen atoms in total. The highest BCUT2D eigenvalue weighted by Crippen LogP contribution is 2.29. The molecule has 1 amide bonds. The molecule has 1 unspecified atom stereocenters. The van der Waals surface area contributed by atoms with E-state index in [0.29, 0.717) is 31.0 Å². The zero-order valence-corrected chi connectivity index (χ0v) is 14.2. The van der Waals surface area contributed by atoms with Gasteiger partial charge in [-0.15, -0.1) is 0 Å². The molecule has 1 aromatic carbocycles. The van der Waals surface area contributed by atoms with Gasteiger partial charge in [0, 0.05) is 32.2 Å². The summed E-state index contributed by atoms with van der Waals surface area (Å²) < 4.78 is 14.4. The van der Waals surface area contributed by atoms with Crippen molar-refractivity contribution < 1.29 is 14.4 Å². The summed E-state index contributed by atoms with van der Waals surface area (Å²) in [6.45, 7) is 6.62. The van der Waals surface area contributed by atoms with Gasteiger partial charge in [-0.25, -0.2) is 9.38 Å². The number of amides is 1. The molecule has 0 bridgehead atoms. The van der Waals surface area contributed by atoms with E-state index < -0.39 is 0 Å². The van der Waals surface area contributed by atoms with Crippen molar-refractivity contribution in [2.75, 3.05) is 31.1 Å². The first-order valence-corrected chi connectivity index (χ1v) is 8.36. The molecular weight excluding hydrogens is 311 g/mol. The number of benzene rings is 1. The second-order valence-electron chi connectivity index (χ2n) is 5.82. The molecule has 0 radical (unpaired) electrons. The minimum absolute atomic E-state index is 0.0886. The molecule has 2 N–H and O–H groups in total. The summed E-state index contributed by atoms with van der Waals surface area (Å²) in [5.74, 6) is -0.312. The summed E-state index contributed by atoms with van der Waals surface area (Å²) in [6.07, 6.45) is 2.79. The first-order valence-electron chi connectivity index (χ1n) is 8.36. The number of hydrogen-bond acceptors (Lipinski definition) is 4. The van der Waals surface area contributed by atoms with Gasteiger partial charge in [0.15, 0.2) is 0 Å². The predicted molar refractivity (Wildman–Crippen MR) is 92.3 cm³/mol. The van der Waals surface area contributed by atoms with Gasteiger partial charge in [-0.2, -0.15) is 0 Å². The van der Waals surface area contributed by atoms with Crippen LogP contribution in [-0.2, 0) is 4.79 Å². The number of rotatable bonds is 6. The van der Waals surface area contributed by atoms with Crippen molar-refractivity contribution in [2.45, 2.75) is 26.7 Å². The lowest BCUT2D eigenvalue weighted by atomic mass is 9.96. The number of hydrogen-bond donors (Lipinski definition) is 2. The molecule has 1 atom stereocenters. The topological polar surface area (TPSA) is 68.2 Å². The molecule has 1 aromatic rings. The number of nitrogens with one attached hydrogen (secondary N) is 1. The maximum atomic E-state index is 14.4. The summed E-state index contributed by atoms with van der Waals surface area (Å²) >= 11 is 0. The van der Waals surface area contributed by atoms with Crippen molar-refractivity contribution in [3.8, 4) is 0 Å². The van der Waals surface area contributed by atoms with E-state index in [1.165, 1.54) is 6.07 Å². The molecule has 1 aliphatic heterocycles. The van der Waals surface area contributed by atoms with Crippen LogP contribution >= 0.6 is 0 Å². The number of aliphatic imine (C=N–C) groups is 1. The number of carbonyl (C=O) groups is 1. The van der Waals surface area contributed by atoms with Gasteiger partial charge in [0.05, 0.1) is 17.3 Å². The third kappa shape index (κ3) is 4.23. The van der Waals surface area contributed by atoms with Gasteiger partial charge in [0.1, 0.15) is 12.2 Å². The highest BCUT2D eigenvalue weighted by atomic mass is 19.1. The van der Waals surface area contributed by atoms with Crippen LogP contribution in [0.5, 0.6) is 0 Å².